The number of fused-ring (bicyclic) bond motifs is 3. The van der Waals surface area contributed by atoms with E-state index in [1.807, 2.05) is 37.3 Å². The molecule has 0 unspecified atom stereocenters. The quantitative estimate of drug-likeness (QED) is 0.426. The molecule has 0 amide bonds. The number of rotatable bonds is 2. The Labute approximate surface area is 158 Å². The highest BCUT2D eigenvalue weighted by atomic mass is 16.3. The van der Waals surface area contributed by atoms with E-state index in [4.69, 9.17) is 9.90 Å². The molecule has 1 aliphatic rings. The lowest BCUT2D eigenvalue weighted by Crippen LogP contribution is -1.98. The van der Waals surface area contributed by atoms with Crippen molar-refractivity contribution < 1.29 is 9.90 Å². The van der Waals surface area contributed by atoms with Crippen LogP contribution in [0.3, 0.4) is 0 Å². The average molecular weight is 346 g/mol. The Balaban J connectivity index is 1.75. The van der Waals surface area contributed by atoms with Crippen LogP contribution in [0.25, 0.3) is 33.3 Å². The van der Waals surface area contributed by atoms with Gasteiger partial charge in [0.1, 0.15) is 5.58 Å². The molecule has 3 heteroatoms. The average Bonchev–Trinajstić information content (AvgIpc) is 3.30. The predicted molar refractivity (Wildman–Crippen MR) is 105 cm³/mol. The summed E-state index contributed by atoms with van der Waals surface area (Å²) >= 11 is 0. The van der Waals surface area contributed by atoms with Gasteiger partial charge in [0.15, 0.2) is 0 Å². The van der Waals surface area contributed by atoms with Crippen LogP contribution in [0.5, 0.6) is 0 Å². The van der Waals surface area contributed by atoms with Gasteiger partial charge in [0.2, 0.25) is 5.71 Å². The summed E-state index contributed by atoms with van der Waals surface area (Å²) < 4.78 is 38.9. The molecule has 26 heavy (non-hydrogen) atoms. The van der Waals surface area contributed by atoms with E-state index in [1.54, 1.807) is 6.07 Å². The third-order valence-corrected chi connectivity index (χ3v) is 5.27. The Hall–Kier alpha value is -2.68. The topological polar surface area (TPSA) is 38.9 Å². The SMILES string of the molecule is [2H]C([2H])([2H])c1cnc(-c2cccc3c2oc2nc(C)ccc23)cc1C1([2H])CCCC1. The minimum absolute atomic E-state index is 0.178. The first kappa shape index (κ1) is 11.8. The van der Waals surface area contributed by atoms with E-state index >= 15 is 0 Å². The third kappa shape index (κ3) is 2.42. The van der Waals surface area contributed by atoms with Gasteiger partial charge >= 0.3 is 0 Å². The zero-order chi connectivity index (χ0) is 21.1. The van der Waals surface area contributed by atoms with Crippen LogP contribution in [0, 0.1) is 13.8 Å². The molecule has 4 aromatic rings. The van der Waals surface area contributed by atoms with Crippen molar-refractivity contribution in [1.29, 1.82) is 0 Å². The van der Waals surface area contributed by atoms with Crippen LogP contribution in [0.1, 0.15) is 53.9 Å². The van der Waals surface area contributed by atoms with Crippen LogP contribution < -0.4 is 0 Å². The number of hydrogen-bond acceptors (Lipinski definition) is 3. The number of aromatic nitrogens is 2. The highest BCUT2D eigenvalue weighted by molar-refractivity contribution is 6.08. The lowest BCUT2D eigenvalue weighted by molar-refractivity contribution is 0.653. The van der Waals surface area contributed by atoms with Crippen molar-refractivity contribution in [2.75, 3.05) is 0 Å². The number of furan rings is 1. The number of hydrogen-bond donors (Lipinski definition) is 0. The van der Waals surface area contributed by atoms with E-state index in [9.17, 15) is 0 Å². The molecule has 0 atom stereocenters. The number of aryl methyl sites for hydroxylation is 2. The molecule has 3 heterocycles. The number of benzene rings is 1. The van der Waals surface area contributed by atoms with E-state index < -0.39 is 12.7 Å². The maximum Gasteiger partial charge on any atom is 0.227 e. The molecule has 0 aliphatic heterocycles. The first-order valence-corrected chi connectivity index (χ1v) is 9.07. The molecule has 1 saturated carbocycles. The van der Waals surface area contributed by atoms with Crippen LogP contribution >= 0.6 is 0 Å². The van der Waals surface area contributed by atoms with Crippen molar-refractivity contribution in [3.63, 3.8) is 0 Å². The van der Waals surface area contributed by atoms with Gasteiger partial charge in [-0.2, -0.15) is 0 Å². The Morgan fingerprint density at radius 3 is 2.88 bits per heavy atom. The van der Waals surface area contributed by atoms with Gasteiger partial charge in [-0.3, -0.25) is 4.98 Å². The molecule has 0 spiro atoms. The van der Waals surface area contributed by atoms with Crippen molar-refractivity contribution in [2.45, 2.75) is 45.4 Å². The molecule has 3 nitrogen and oxygen atoms in total. The van der Waals surface area contributed by atoms with Crippen molar-refractivity contribution >= 4 is 22.1 Å². The maximum atomic E-state index is 8.96. The fraction of sp³-hybridized carbons (Fsp3) is 0.304. The minimum Gasteiger partial charge on any atom is -0.437 e. The Kier molecular flexibility index (Phi) is 2.71. The zero-order valence-corrected chi connectivity index (χ0v) is 14.7. The second-order valence-electron chi connectivity index (χ2n) is 7.02. The molecule has 3 aromatic heterocycles. The fourth-order valence-corrected chi connectivity index (χ4v) is 3.94. The highest BCUT2D eigenvalue weighted by Crippen LogP contribution is 2.39. The van der Waals surface area contributed by atoms with Gasteiger partial charge < -0.3 is 4.42 Å². The van der Waals surface area contributed by atoms with Crippen LogP contribution in [-0.2, 0) is 0 Å². The number of para-hydroxylation sites is 1. The second kappa shape index (κ2) is 5.94. The summed E-state index contributed by atoms with van der Waals surface area (Å²) in [6.07, 6.45) is 4.63. The molecule has 1 fully saturated rings. The lowest BCUT2D eigenvalue weighted by Gasteiger charge is -2.14. The van der Waals surface area contributed by atoms with E-state index in [0.29, 0.717) is 35.4 Å². The summed E-state index contributed by atoms with van der Waals surface area (Å²) in [5, 5.41) is 1.88. The first-order valence-electron chi connectivity index (χ1n) is 11.1. The largest absolute Gasteiger partial charge is 0.437 e. The molecule has 1 aliphatic carbocycles. The Bertz CT molecular complexity index is 1270. The van der Waals surface area contributed by atoms with Crippen molar-refractivity contribution in [3.05, 3.63) is 59.4 Å². The van der Waals surface area contributed by atoms with Gasteiger partial charge in [-0.15, -0.1) is 0 Å². The highest BCUT2D eigenvalue weighted by Gasteiger charge is 2.21. The minimum atomic E-state index is -2.30. The van der Waals surface area contributed by atoms with E-state index in [2.05, 4.69) is 9.97 Å². The van der Waals surface area contributed by atoms with Crippen LogP contribution in [0.4, 0.5) is 0 Å². The lowest BCUT2D eigenvalue weighted by atomic mass is 9.93. The summed E-state index contributed by atoms with van der Waals surface area (Å²) in [5.41, 5.74) is 4.27. The van der Waals surface area contributed by atoms with E-state index in [-0.39, 0.29) is 5.56 Å². The molecule has 0 N–H and O–H groups in total. The van der Waals surface area contributed by atoms with E-state index in [1.165, 1.54) is 6.20 Å². The monoisotopic (exact) mass is 346 g/mol. The molecule has 0 radical (unpaired) electrons. The van der Waals surface area contributed by atoms with Gasteiger partial charge in [-0.05, 0) is 67.9 Å². The zero-order valence-electron chi connectivity index (χ0n) is 18.7. The molecule has 5 rings (SSSR count). The first-order chi connectivity index (χ1) is 14.3. The predicted octanol–water partition coefficient (Wildman–Crippen LogP) is 6.32. The van der Waals surface area contributed by atoms with Gasteiger partial charge in [0.05, 0.1) is 5.69 Å². The second-order valence-corrected chi connectivity index (χ2v) is 7.02. The normalized spacial score (nSPS) is 19.3. The summed E-state index contributed by atoms with van der Waals surface area (Å²) in [7, 11) is 0. The molecule has 0 saturated heterocycles. The van der Waals surface area contributed by atoms with Crippen LogP contribution in [0.2, 0.25) is 0 Å². The van der Waals surface area contributed by atoms with Crippen LogP contribution in [-0.4, -0.2) is 9.97 Å². The molecular weight excluding hydrogens is 320 g/mol. The van der Waals surface area contributed by atoms with Gasteiger partial charge in [-0.1, -0.05) is 25.0 Å². The smallest absolute Gasteiger partial charge is 0.227 e. The third-order valence-electron chi connectivity index (χ3n) is 5.27. The van der Waals surface area contributed by atoms with Gasteiger partial charge in [-0.25, -0.2) is 4.98 Å². The van der Waals surface area contributed by atoms with Crippen LogP contribution in [0.15, 0.2) is 47.0 Å². The van der Waals surface area contributed by atoms with Crippen molar-refractivity contribution in [2.24, 2.45) is 0 Å². The summed E-state index contributed by atoms with van der Waals surface area (Å²) in [6, 6.07) is 11.6. The molecule has 1 aromatic carbocycles. The standard InChI is InChI=1S/C23H22N2O/c1-14-13-24-21(12-20(14)16-6-3-4-7-16)19-9-5-8-17-18-11-10-15(2)25-23(18)26-22(17)19/h5,8-13,16H,3-4,6-7H2,1-2H3/i1D3,16D. The molecular formula is C23H22N2O. The summed E-state index contributed by atoms with van der Waals surface area (Å²) in [4.78, 5) is 8.99. The van der Waals surface area contributed by atoms with Crippen molar-refractivity contribution in [3.8, 4) is 11.3 Å². The van der Waals surface area contributed by atoms with Gasteiger partial charge in [0.25, 0.3) is 0 Å². The number of pyridine rings is 2. The Morgan fingerprint density at radius 1 is 1.15 bits per heavy atom. The Morgan fingerprint density at radius 2 is 2.04 bits per heavy atom. The maximum absolute atomic E-state index is 8.96. The van der Waals surface area contributed by atoms with Gasteiger partial charge in [0, 0.05) is 33.7 Å². The molecule has 0 bridgehead atoms. The summed E-state index contributed by atoms with van der Waals surface area (Å²) in [5.74, 6) is -0.887. The van der Waals surface area contributed by atoms with E-state index in [0.717, 1.165) is 34.9 Å². The van der Waals surface area contributed by atoms with Crippen molar-refractivity contribution in [1.82, 2.24) is 9.97 Å². The fourth-order valence-electron chi connectivity index (χ4n) is 3.94. The summed E-state index contributed by atoms with van der Waals surface area (Å²) in [6.45, 7) is -0.380. The molecule has 130 valence electrons. The number of nitrogens with zero attached hydrogens (tertiary/aromatic N) is 2.